The molecule has 0 fully saturated rings. The van der Waals surface area contributed by atoms with Crippen LogP contribution in [0.3, 0.4) is 0 Å². The highest BCUT2D eigenvalue weighted by atomic mass is 16.2. The number of benzene rings is 2. The van der Waals surface area contributed by atoms with Crippen LogP contribution < -0.4 is 16.6 Å². The number of rotatable bonds is 9. The monoisotopic (exact) mass is 433 g/mol. The Hall–Kier alpha value is -3.41. The molecule has 3 rings (SSSR count). The van der Waals surface area contributed by atoms with Crippen LogP contribution in [0, 0.1) is 5.92 Å². The van der Waals surface area contributed by atoms with E-state index in [9.17, 15) is 14.4 Å². The highest BCUT2D eigenvalue weighted by Crippen LogP contribution is 2.22. The summed E-state index contributed by atoms with van der Waals surface area (Å²) in [6, 6.07) is 18.9. The Morgan fingerprint density at radius 2 is 1.62 bits per heavy atom. The highest BCUT2D eigenvalue weighted by Gasteiger charge is 2.19. The fraction of sp³-hybridized carbons (Fsp3) is 0.346. The van der Waals surface area contributed by atoms with Crippen molar-refractivity contribution in [3.8, 4) is 0 Å². The van der Waals surface area contributed by atoms with Crippen LogP contribution in [0.25, 0.3) is 0 Å². The minimum Gasteiger partial charge on any atom is -0.347 e. The molecule has 1 heterocycles. The molecule has 3 aromatic rings. The molecule has 0 saturated carbocycles. The molecule has 0 aliphatic heterocycles. The van der Waals surface area contributed by atoms with Crippen LogP contribution in [-0.2, 0) is 24.3 Å². The molecule has 32 heavy (non-hydrogen) atoms. The smallest absolute Gasteiger partial charge is 0.331 e. The zero-order valence-corrected chi connectivity index (χ0v) is 19.0. The van der Waals surface area contributed by atoms with Crippen molar-refractivity contribution in [3.05, 3.63) is 104 Å². The van der Waals surface area contributed by atoms with E-state index < -0.39 is 11.2 Å². The summed E-state index contributed by atoms with van der Waals surface area (Å²) in [7, 11) is 0. The minimum absolute atomic E-state index is 0.151. The van der Waals surface area contributed by atoms with Gasteiger partial charge in [0.2, 0.25) is 5.91 Å². The van der Waals surface area contributed by atoms with Gasteiger partial charge in [0, 0.05) is 12.3 Å². The molecule has 1 amide bonds. The maximum atomic E-state index is 12.9. The van der Waals surface area contributed by atoms with E-state index in [1.807, 2.05) is 56.3 Å². The summed E-state index contributed by atoms with van der Waals surface area (Å²) in [5, 5.41) is 3.01. The number of carbonyl (C=O) groups is 1. The van der Waals surface area contributed by atoms with Gasteiger partial charge in [0.15, 0.2) is 0 Å². The van der Waals surface area contributed by atoms with E-state index in [4.69, 9.17) is 0 Å². The number of nitrogens with zero attached hydrogens (tertiary/aromatic N) is 2. The molecule has 0 radical (unpaired) electrons. The average molecular weight is 434 g/mol. The van der Waals surface area contributed by atoms with Crippen LogP contribution >= 0.6 is 0 Å². The maximum absolute atomic E-state index is 12.9. The van der Waals surface area contributed by atoms with Gasteiger partial charge in [-0.3, -0.25) is 18.7 Å². The Labute approximate surface area is 188 Å². The summed E-state index contributed by atoms with van der Waals surface area (Å²) in [5.41, 5.74) is 2.23. The summed E-state index contributed by atoms with van der Waals surface area (Å²) >= 11 is 0. The first-order valence-electron chi connectivity index (χ1n) is 11.1. The number of nitrogens with one attached hydrogen (secondary N) is 1. The molecule has 0 bridgehead atoms. The van der Waals surface area contributed by atoms with E-state index >= 15 is 0 Å². The zero-order valence-electron chi connectivity index (χ0n) is 19.0. The quantitative estimate of drug-likeness (QED) is 0.561. The van der Waals surface area contributed by atoms with Gasteiger partial charge in [-0.05, 0) is 29.0 Å². The van der Waals surface area contributed by atoms with Gasteiger partial charge < -0.3 is 5.32 Å². The third kappa shape index (κ3) is 5.84. The van der Waals surface area contributed by atoms with Crippen molar-refractivity contribution in [2.75, 3.05) is 0 Å². The Morgan fingerprint density at radius 1 is 0.938 bits per heavy atom. The second-order valence-corrected chi connectivity index (χ2v) is 8.42. The normalized spacial score (nSPS) is 12.0. The predicted molar refractivity (Wildman–Crippen MR) is 127 cm³/mol. The van der Waals surface area contributed by atoms with Crippen LogP contribution in [0.4, 0.5) is 0 Å². The molecule has 0 aliphatic carbocycles. The van der Waals surface area contributed by atoms with Gasteiger partial charge in [0.25, 0.3) is 5.56 Å². The van der Waals surface area contributed by atoms with Crippen LogP contribution in [-0.4, -0.2) is 15.0 Å². The van der Waals surface area contributed by atoms with Gasteiger partial charge in [-0.15, -0.1) is 0 Å². The molecule has 6 nitrogen and oxygen atoms in total. The van der Waals surface area contributed by atoms with E-state index in [-0.39, 0.29) is 24.4 Å². The zero-order chi connectivity index (χ0) is 23.1. The van der Waals surface area contributed by atoms with Gasteiger partial charge in [-0.2, -0.15) is 0 Å². The van der Waals surface area contributed by atoms with Crippen LogP contribution in [0.1, 0.15) is 49.9 Å². The van der Waals surface area contributed by atoms with E-state index in [1.165, 1.54) is 22.4 Å². The predicted octanol–water partition coefficient (Wildman–Crippen LogP) is 3.52. The molecule has 1 aromatic heterocycles. The summed E-state index contributed by atoms with van der Waals surface area (Å²) in [5.74, 6) is -0.212. The lowest BCUT2D eigenvalue weighted by molar-refractivity contribution is -0.122. The third-order valence-electron chi connectivity index (χ3n) is 5.50. The van der Waals surface area contributed by atoms with Crippen molar-refractivity contribution in [1.82, 2.24) is 14.5 Å². The number of hydrogen-bond donors (Lipinski definition) is 1. The molecular weight excluding hydrogens is 402 g/mol. The Kier molecular flexibility index (Phi) is 7.82. The summed E-state index contributed by atoms with van der Waals surface area (Å²) < 4.78 is 2.43. The van der Waals surface area contributed by atoms with E-state index in [0.29, 0.717) is 6.54 Å². The molecule has 1 N–H and O–H groups in total. The minimum atomic E-state index is -0.499. The summed E-state index contributed by atoms with van der Waals surface area (Å²) in [4.78, 5) is 38.0. The lowest BCUT2D eigenvalue weighted by Crippen LogP contribution is -2.44. The summed E-state index contributed by atoms with van der Waals surface area (Å²) in [6.07, 6.45) is 3.57. The first-order chi connectivity index (χ1) is 15.4. The molecule has 168 valence electrons. The van der Waals surface area contributed by atoms with Gasteiger partial charge in [-0.25, -0.2) is 4.79 Å². The average Bonchev–Trinajstić information content (AvgIpc) is 2.78. The van der Waals surface area contributed by atoms with Gasteiger partial charge in [0.1, 0.15) is 6.54 Å². The van der Waals surface area contributed by atoms with E-state index in [2.05, 4.69) is 24.4 Å². The standard InChI is InChI=1S/C26H31N3O3/c1-4-8-20-11-13-22(14-12-20)25(19(2)3)27-23(30)18-29-24(31)15-16-28(26(29)32)17-21-9-6-5-7-10-21/h5-7,9-16,19,25H,4,8,17-18H2,1-3H3,(H,27,30). The lowest BCUT2D eigenvalue weighted by atomic mass is 9.94. The second-order valence-electron chi connectivity index (χ2n) is 8.42. The molecule has 2 aromatic carbocycles. The molecular formula is C26H31N3O3. The van der Waals surface area contributed by atoms with Crippen LogP contribution in [0.15, 0.2) is 76.4 Å². The molecule has 0 spiro atoms. The van der Waals surface area contributed by atoms with Crippen molar-refractivity contribution in [1.29, 1.82) is 0 Å². The molecule has 6 heteroatoms. The fourth-order valence-corrected chi connectivity index (χ4v) is 3.78. The largest absolute Gasteiger partial charge is 0.347 e. The molecule has 1 atom stereocenters. The Bertz CT molecular complexity index is 1150. The molecule has 0 saturated heterocycles. The van der Waals surface area contributed by atoms with Crippen molar-refractivity contribution in [3.63, 3.8) is 0 Å². The highest BCUT2D eigenvalue weighted by molar-refractivity contribution is 5.76. The van der Waals surface area contributed by atoms with Crippen molar-refractivity contribution < 1.29 is 4.79 Å². The Balaban J connectivity index is 1.77. The lowest BCUT2D eigenvalue weighted by Gasteiger charge is -2.23. The van der Waals surface area contributed by atoms with Gasteiger partial charge in [0.05, 0.1) is 12.6 Å². The first-order valence-corrected chi connectivity index (χ1v) is 11.1. The number of carbonyl (C=O) groups excluding carboxylic acids is 1. The summed E-state index contributed by atoms with van der Waals surface area (Å²) in [6.45, 7) is 6.23. The maximum Gasteiger partial charge on any atom is 0.331 e. The van der Waals surface area contributed by atoms with Crippen molar-refractivity contribution >= 4 is 5.91 Å². The number of aromatic nitrogens is 2. The fourth-order valence-electron chi connectivity index (χ4n) is 3.78. The topological polar surface area (TPSA) is 73.1 Å². The van der Waals surface area contributed by atoms with Crippen LogP contribution in [0.2, 0.25) is 0 Å². The number of hydrogen-bond acceptors (Lipinski definition) is 3. The van der Waals surface area contributed by atoms with E-state index in [1.54, 1.807) is 0 Å². The number of aryl methyl sites for hydroxylation is 1. The second kappa shape index (κ2) is 10.8. The van der Waals surface area contributed by atoms with Crippen molar-refractivity contribution in [2.24, 2.45) is 5.92 Å². The van der Waals surface area contributed by atoms with Crippen LogP contribution in [0.5, 0.6) is 0 Å². The number of amides is 1. The molecule has 1 unspecified atom stereocenters. The van der Waals surface area contributed by atoms with Crippen molar-refractivity contribution in [2.45, 2.75) is 52.7 Å². The van der Waals surface area contributed by atoms with E-state index in [0.717, 1.165) is 28.5 Å². The Morgan fingerprint density at radius 3 is 2.25 bits per heavy atom. The third-order valence-corrected chi connectivity index (χ3v) is 5.50. The van der Waals surface area contributed by atoms with Gasteiger partial charge in [-0.1, -0.05) is 81.8 Å². The van der Waals surface area contributed by atoms with Gasteiger partial charge >= 0.3 is 5.69 Å². The first kappa shape index (κ1) is 23.3. The SMILES string of the molecule is CCCc1ccc(C(NC(=O)Cn2c(=O)ccn(Cc3ccccc3)c2=O)C(C)C)cc1. The molecule has 0 aliphatic rings.